The van der Waals surface area contributed by atoms with E-state index in [1.807, 2.05) is 35.2 Å². The topological polar surface area (TPSA) is 62.3 Å². The number of methoxy groups -OCH3 is 2. The molecule has 0 atom stereocenters. The van der Waals surface area contributed by atoms with Gasteiger partial charge in [-0.3, -0.25) is 9.59 Å². The van der Waals surface area contributed by atoms with Crippen LogP contribution in [0.15, 0.2) is 53.9 Å². The van der Waals surface area contributed by atoms with Crippen molar-refractivity contribution < 1.29 is 19.1 Å². The number of carbonyl (C=O) groups excluding carboxylic acids is 2. The van der Waals surface area contributed by atoms with Crippen LogP contribution in [-0.2, 0) is 24.2 Å². The lowest BCUT2D eigenvalue weighted by atomic mass is 10.0. The number of nitrogens with zero attached hydrogens (tertiary/aromatic N) is 3. The van der Waals surface area contributed by atoms with Gasteiger partial charge in [-0.25, -0.2) is 0 Å². The van der Waals surface area contributed by atoms with Gasteiger partial charge >= 0.3 is 0 Å². The van der Waals surface area contributed by atoms with Crippen LogP contribution in [0.4, 0.5) is 0 Å². The van der Waals surface area contributed by atoms with Gasteiger partial charge in [0.05, 0.1) is 20.8 Å². The molecule has 0 spiro atoms. The molecular weight excluding hydrogens is 570 g/mol. The van der Waals surface area contributed by atoms with Gasteiger partial charge in [0.25, 0.3) is 5.91 Å². The molecule has 4 rings (SSSR count). The fraction of sp³-hybridized carbons (Fsp3) is 0.500. The number of carbonyl (C=O) groups is 2. The predicted molar refractivity (Wildman–Crippen MR) is 179 cm³/mol. The van der Waals surface area contributed by atoms with Crippen LogP contribution in [0.3, 0.4) is 0 Å². The number of thiophene rings is 1. The van der Waals surface area contributed by atoms with Crippen LogP contribution >= 0.6 is 11.3 Å². The largest absolute Gasteiger partial charge is 0.493 e. The monoisotopic (exact) mass is 619 g/mol. The van der Waals surface area contributed by atoms with Crippen molar-refractivity contribution >= 4 is 23.2 Å². The first-order chi connectivity index (χ1) is 21.4. The van der Waals surface area contributed by atoms with Crippen LogP contribution in [0.25, 0.3) is 0 Å². The molecule has 1 fully saturated rings. The molecule has 0 saturated carbocycles. The van der Waals surface area contributed by atoms with Gasteiger partial charge in [0.15, 0.2) is 11.5 Å². The number of aryl methyl sites for hydroxylation is 2. The molecule has 1 aliphatic rings. The number of benzene rings is 2. The number of ether oxygens (including phenoxy) is 2. The van der Waals surface area contributed by atoms with Crippen LogP contribution in [-0.4, -0.2) is 80.0 Å². The van der Waals surface area contributed by atoms with Crippen molar-refractivity contribution in [3.8, 4) is 11.5 Å². The van der Waals surface area contributed by atoms with Crippen molar-refractivity contribution in [2.75, 3.05) is 53.5 Å². The lowest BCUT2D eigenvalue weighted by molar-refractivity contribution is -0.132. The number of unbranched alkanes of at least 4 members (excludes halogenated alkanes) is 2. The summed E-state index contributed by atoms with van der Waals surface area (Å²) in [4.78, 5) is 35.1. The molecule has 1 aliphatic heterocycles. The van der Waals surface area contributed by atoms with E-state index in [2.05, 4.69) is 42.3 Å². The Hall–Kier alpha value is -3.36. The number of hydrogen-bond donors (Lipinski definition) is 0. The Morgan fingerprint density at radius 3 is 2.25 bits per heavy atom. The molecule has 0 aliphatic carbocycles. The highest BCUT2D eigenvalue weighted by Crippen LogP contribution is 2.28. The third kappa shape index (κ3) is 9.57. The molecule has 1 saturated heterocycles. The minimum atomic E-state index is -0.0789. The lowest BCUT2D eigenvalue weighted by Gasteiger charge is -2.29. The van der Waals surface area contributed by atoms with E-state index in [0.717, 1.165) is 38.0 Å². The summed E-state index contributed by atoms with van der Waals surface area (Å²) in [6, 6.07) is 16.0. The van der Waals surface area contributed by atoms with E-state index in [1.54, 1.807) is 30.5 Å². The number of hydrogen-bond acceptors (Lipinski definition) is 6. The molecule has 238 valence electrons. The van der Waals surface area contributed by atoms with Crippen molar-refractivity contribution in [2.24, 2.45) is 0 Å². The fourth-order valence-corrected chi connectivity index (χ4v) is 6.61. The number of amides is 2. The van der Waals surface area contributed by atoms with E-state index in [0.29, 0.717) is 43.1 Å². The van der Waals surface area contributed by atoms with Crippen molar-refractivity contribution in [1.29, 1.82) is 0 Å². The minimum absolute atomic E-state index is 0.0377. The molecule has 7 nitrogen and oxygen atoms in total. The van der Waals surface area contributed by atoms with Crippen LogP contribution < -0.4 is 9.47 Å². The normalized spacial score (nSPS) is 13.2. The van der Waals surface area contributed by atoms with Crippen molar-refractivity contribution in [3.05, 3.63) is 81.0 Å². The number of likely N-dealkylation sites (tertiary alicyclic amines) is 1. The molecule has 0 radical (unpaired) electrons. The van der Waals surface area contributed by atoms with Gasteiger partial charge in [-0.2, -0.15) is 0 Å². The standard InChI is InChI=1S/C36H49N3O4S/c1-5-6-7-10-29-11-14-31(15-12-29)36(41)39(23-22-37-19-8-9-20-37)27-35(40)38(26-34-28(2)18-24-44-34)21-17-30-13-16-32(42-3)33(25-30)43-4/h11-16,18,24-25H,5-10,17,19-23,26-27H2,1-4H3. The zero-order valence-electron chi connectivity index (χ0n) is 27.0. The maximum atomic E-state index is 14.0. The van der Waals surface area contributed by atoms with Gasteiger partial charge < -0.3 is 24.2 Å². The van der Waals surface area contributed by atoms with Crippen LogP contribution in [0.2, 0.25) is 0 Å². The van der Waals surface area contributed by atoms with E-state index in [4.69, 9.17) is 9.47 Å². The SMILES string of the molecule is CCCCCc1ccc(C(=O)N(CCN2CCCC2)CC(=O)N(CCc2ccc(OC)c(OC)c2)Cc2sccc2C)cc1. The van der Waals surface area contributed by atoms with Crippen molar-refractivity contribution in [3.63, 3.8) is 0 Å². The highest BCUT2D eigenvalue weighted by Gasteiger charge is 2.24. The Kier molecular flexibility index (Phi) is 13.1. The molecule has 0 N–H and O–H groups in total. The average molecular weight is 620 g/mol. The molecule has 44 heavy (non-hydrogen) atoms. The quantitative estimate of drug-likeness (QED) is 0.159. The van der Waals surface area contributed by atoms with E-state index < -0.39 is 0 Å². The van der Waals surface area contributed by atoms with Crippen LogP contribution in [0.5, 0.6) is 11.5 Å². The molecule has 0 unspecified atom stereocenters. The van der Waals surface area contributed by atoms with Gasteiger partial charge in [0, 0.05) is 30.1 Å². The Labute approximate surface area is 267 Å². The predicted octanol–water partition coefficient (Wildman–Crippen LogP) is 6.62. The van der Waals surface area contributed by atoms with Gasteiger partial charge in [-0.15, -0.1) is 11.3 Å². The van der Waals surface area contributed by atoms with Gasteiger partial charge in [-0.1, -0.05) is 38.0 Å². The van der Waals surface area contributed by atoms with E-state index in [1.165, 1.54) is 41.7 Å². The molecule has 0 bridgehead atoms. The highest BCUT2D eigenvalue weighted by molar-refractivity contribution is 7.10. The van der Waals surface area contributed by atoms with E-state index in [-0.39, 0.29) is 18.4 Å². The molecule has 2 aromatic carbocycles. The Balaban J connectivity index is 1.50. The number of rotatable bonds is 17. The zero-order valence-corrected chi connectivity index (χ0v) is 27.8. The maximum absolute atomic E-state index is 14.0. The van der Waals surface area contributed by atoms with Crippen LogP contribution in [0, 0.1) is 6.92 Å². The zero-order chi connectivity index (χ0) is 31.3. The molecule has 3 aromatic rings. The summed E-state index contributed by atoms with van der Waals surface area (Å²) in [7, 11) is 3.25. The van der Waals surface area contributed by atoms with Crippen molar-refractivity contribution in [2.45, 2.75) is 65.3 Å². The summed E-state index contributed by atoms with van der Waals surface area (Å²) in [5, 5.41) is 2.07. The lowest BCUT2D eigenvalue weighted by Crippen LogP contribution is -2.45. The highest BCUT2D eigenvalue weighted by atomic mass is 32.1. The molecule has 2 heterocycles. The van der Waals surface area contributed by atoms with Gasteiger partial charge in [-0.05, 0) is 105 Å². The first kappa shape index (κ1) is 33.5. The second kappa shape index (κ2) is 17.2. The van der Waals surface area contributed by atoms with Gasteiger partial charge in [0.1, 0.15) is 6.54 Å². The average Bonchev–Trinajstić information content (AvgIpc) is 3.72. The Morgan fingerprint density at radius 1 is 0.864 bits per heavy atom. The Morgan fingerprint density at radius 2 is 1.59 bits per heavy atom. The summed E-state index contributed by atoms with van der Waals surface area (Å²) in [5.41, 5.74) is 4.14. The Bertz CT molecular complexity index is 1330. The van der Waals surface area contributed by atoms with Gasteiger partial charge in [0.2, 0.25) is 5.91 Å². The van der Waals surface area contributed by atoms with E-state index in [9.17, 15) is 9.59 Å². The summed E-state index contributed by atoms with van der Waals surface area (Å²) >= 11 is 1.67. The first-order valence-electron chi connectivity index (χ1n) is 16.0. The molecule has 2 amide bonds. The molecule has 1 aromatic heterocycles. The summed E-state index contributed by atoms with van der Waals surface area (Å²) in [6.45, 7) is 8.83. The van der Waals surface area contributed by atoms with E-state index >= 15 is 0 Å². The minimum Gasteiger partial charge on any atom is -0.493 e. The molecule has 8 heteroatoms. The maximum Gasteiger partial charge on any atom is 0.254 e. The third-order valence-electron chi connectivity index (χ3n) is 8.54. The second-order valence-corrected chi connectivity index (χ2v) is 12.7. The van der Waals surface area contributed by atoms with Crippen LogP contribution in [0.1, 0.15) is 71.0 Å². The first-order valence-corrected chi connectivity index (χ1v) is 16.9. The second-order valence-electron chi connectivity index (χ2n) is 11.7. The third-order valence-corrected chi connectivity index (χ3v) is 9.55. The summed E-state index contributed by atoms with van der Waals surface area (Å²) < 4.78 is 10.9. The fourth-order valence-electron chi connectivity index (χ4n) is 5.69. The summed E-state index contributed by atoms with van der Waals surface area (Å²) in [6.07, 6.45) is 7.62. The summed E-state index contributed by atoms with van der Waals surface area (Å²) in [5.74, 6) is 1.24. The molecular formula is C36H49N3O4S. The van der Waals surface area contributed by atoms with Crippen molar-refractivity contribution in [1.82, 2.24) is 14.7 Å². The smallest absolute Gasteiger partial charge is 0.254 e.